The molecule has 0 aliphatic heterocycles. The Morgan fingerprint density at radius 3 is 2.44 bits per heavy atom. The van der Waals surface area contributed by atoms with E-state index in [1.807, 2.05) is 19.0 Å². The lowest BCUT2D eigenvalue weighted by atomic mass is 10.0. The van der Waals surface area contributed by atoms with Crippen molar-refractivity contribution in [2.75, 3.05) is 39.6 Å². The Hall–Kier alpha value is -2.45. The molecule has 0 radical (unpaired) electrons. The van der Waals surface area contributed by atoms with Crippen LogP contribution >= 0.6 is 12.2 Å². The zero-order chi connectivity index (χ0) is 19.8. The lowest BCUT2D eigenvalue weighted by molar-refractivity contribution is -0.0494. The van der Waals surface area contributed by atoms with Crippen molar-refractivity contribution < 1.29 is 18.3 Å². The zero-order valence-corrected chi connectivity index (χ0v) is 16.3. The molecule has 0 fully saturated rings. The molecule has 0 unspecified atom stereocenters. The molecular formula is C19H23F2N3O2S. The van der Waals surface area contributed by atoms with E-state index in [4.69, 9.17) is 17.0 Å². The molecule has 0 bridgehead atoms. The molecule has 2 aromatic rings. The summed E-state index contributed by atoms with van der Waals surface area (Å²) in [4.78, 5) is 2.04. The summed E-state index contributed by atoms with van der Waals surface area (Å²) in [5.74, 6) is 0.767. The first kappa shape index (κ1) is 20.9. The molecule has 2 rings (SSSR count). The first-order chi connectivity index (χ1) is 12.9. The minimum Gasteiger partial charge on any atom is -0.497 e. The number of rotatable bonds is 8. The third-order valence-electron chi connectivity index (χ3n) is 3.70. The molecule has 0 heterocycles. The monoisotopic (exact) mass is 395 g/mol. The van der Waals surface area contributed by atoms with Gasteiger partial charge in [-0.25, -0.2) is 0 Å². The number of hydrogen-bond donors (Lipinski definition) is 2. The van der Waals surface area contributed by atoms with Crippen LogP contribution in [0.4, 0.5) is 14.5 Å². The number of methoxy groups -OCH3 is 1. The fourth-order valence-corrected chi connectivity index (χ4v) is 2.59. The van der Waals surface area contributed by atoms with E-state index >= 15 is 0 Å². The third kappa shape index (κ3) is 6.65. The van der Waals surface area contributed by atoms with Crippen LogP contribution in [0.25, 0.3) is 11.1 Å². The summed E-state index contributed by atoms with van der Waals surface area (Å²) in [6.07, 6.45) is 0. The smallest absolute Gasteiger partial charge is 0.387 e. The number of nitrogens with zero attached hydrogens (tertiary/aromatic N) is 1. The number of hydrogen-bond acceptors (Lipinski definition) is 4. The quantitative estimate of drug-likeness (QED) is 0.663. The van der Waals surface area contributed by atoms with Crippen LogP contribution in [0, 0.1) is 0 Å². The standard InChI is InChI=1S/C19H23F2N3O2S/c1-24(2)11-10-22-19(27)23-14-6-9-17(26-18(20)21)16(12-14)13-4-7-15(25-3)8-5-13/h4-9,12,18H,10-11H2,1-3H3,(H2,22,23,27). The predicted molar refractivity (Wildman–Crippen MR) is 108 cm³/mol. The SMILES string of the molecule is COc1ccc(-c2cc(NC(=S)NCCN(C)C)ccc2OC(F)F)cc1. The van der Waals surface area contributed by atoms with Crippen molar-refractivity contribution in [2.24, 2.45) is 0 Å². The van der Waals surface area contributed by atoms with Crippen LogP contribution in [-0.4, -0.2) is 50.9 Å². The number of anilines is 1. The second-order valence-corrected chi connectivity index (χ2v) is 6.41. The highest BCUT2D eigenvalue weighted by atomic mass is 32.1. The van der Waals surface area contributed by atoms with Gasteiger partial charge in [-0.05, 0) is 62.2 Å². The number of nitrogens with one attached hydrogen (secondary N) is 2. The Labute approximate surface area is 163 Å². The number of ether oxygens (including phenoxy) is 2. The zero-order valence-electron chi connectivity index (χ0n) is 15.5. The van der Waals surface area contributed by atoms with E-state index in [1.165, 1.54) is 6.07 Å². The number of likely N-dealkylation sites (N-methyl/N-ethyl adjacent to an activating group) is 1. The normalized spacial score (nSPS) is 10.8. The van der Waals surface area contributed by atoms with Gasteiger partial charge in [0, 0.05) is 24.3 Å². The fraction of sp³-hybridized carbons (Fsp3) is 0.316. The summed E-state index contributed by atoms with van der Waals surface area (Å²) < 4.78 is 35.3. The molecule has 0 aliphatic carbocycles. The molecule has 5 nitrogen and oxygen atoms in total. The lowest BCUT2D eigenvalue weighted by Crippen LogP contribution is -2.34. The molecule has 0 atom stereocenters. The second-order valence-electron chi connectivity index (χ2n) is 6.00. The van der Waals surface area contributed by atoms with Crippen LogP contribution < -0.4 is 20.1 Å². The van der Waals surface area contributed by atoms with Gasteiger partial charge in [-0.3, -0.25) is 0 Å². The van der Waals surface area contributed by atoms with Gasteiger partial charge in [0.1, 0.15) is 11.5 Å². The maximum absolute atomic E-state index is 12.8. The fourth-order valence-electron chi connectivity index (χ4n) is 2.37. The molecule has 0 saturated carbocycles. The van der Waals surface area contributed by atoms with E-state index in [0.717, 1.165) is 12.1 Å². The molecule has 2 N–H and O–H groups in total. The highest BCUT2D eigenvalue weighted by Gasteiger charge is 2.13. The van der Waals surface area contributed by atoms with Crippen LogP contribution in [0.1, 0.15) is 0 Å². The van der Waals surface area contributed by atoms with Gasteiger partial charge in [-0.1, -0.05) is 12.1 Å². The van der Waals surface area contributed by atoms with E-state index in [0.29, 0.717) is 28.7 Å². The van der Waals surface area contributed by atoms with Crippen molar-refractivity contribution in [3.8, 4) is 22.6 Å². The summed E-state index contributed by atoms with van der Waals surface area (Å²) in [7, 11) is 5.51. The highest BCUT2D eigenvalue weighted by molar-refractivity contribution is 7.80. The minimum absolute atomic E-state index is 0.0900. The predicted octanol–water partition coefficient (Wildman–Crippen LogP) is 3.81. The van der Waals surface area contributed by atoms with Crippen molar-refractivity contribution in [1.82, 2.24) is 10.2 Å². The van der Waals surface area contributed by atoms with Gasteiger partial charge in [-0.2, -0.15) is 8.78 Å². The molecule has 146 valence electrons. The molecule has 0 spiro atoms. The Morgan fingerprint density at radius 1 is 1.15 bits per heavy atom. The number of halogens is 2. The van der Waals surface area contributed by atoms with Gasteiger partial charge >= 0.3 is 6.61 Å². The minimum atomic E-state index is -2.91. The topological polar surface area (TPSA) is 45.8 Å². The Morgan fingerprint density at radius 2 is 1.85 bits per heavy atom. The molecule has 2 aromatic carbocycles. The average molecular weight is 395 g/mol. The van der Waals surface area contributed by atoms with Gasteiger partial charge in [0.15, 0.2) is 5.11 Å². The lowest BCUT2D eigenvalue weighted by Gasteiger charge is -2.16. The van der Waals surface area contributed by atoms with E-state index in [2.05, 4.69) is 15.4 Å². The van der Waals surface area contributed by atoms with Crippen LogP contribution in [0.15, 0.2) is 42.5 Å². The average Bonchev–Trinajstić information content (AvgIpc) is 2.62. The number of alkyl halides is 2. The van der Waals surface area contributed by atoms with Crippen molar-refractivity contribution in [2.45, 2.75) is 6.61 Å². The summed E-state index contributed by atoms with van der Waals surface area (Å²) >= 11 is 5.28. The number of benzene rings is 2. The van der Waals surface area contributed by atoms with Crippen LogP contribution in [-0.2, 0) is 0 Å². The van der Waals surface area contributed by atoms with Crippen molar-refractivity contribution >= 4 is 23.0 Å². The second kappa shape index (κ2) is 10.0. The molecule has 27 heavy (non-hydrogen) atoms. The van der Waals surface area contributed by atoms with Crippen molar-refractivity contribution in [1.29, 1.82) is 0 Å². The molecule has 0 aromatic heterocycles. The van der Waals surface area contributed by atoms with Gasteiger partial charge < -0.3 is 25.0 Å². The molecule has 8 heteroatoms. The maximum atomic E-state index is 12.8. The van der Waals surface area contributed by atoms with Crippen molar-refractivity contribution in [3.63, 3.8) is 0 Å². The molecule has 0 saturated heterocycles. The Kier molecular flexibility index (Phi) is 7.75. The van der Waals surface area contributed by atoms with E-state index in [1.54, 1.807) is 43.5 Å². The Bertz CT molecular complexity index is 755. The van der Waals surface area contributed by atoms with Crippen LogP contribution in [0.2, 0.25) is 0 Å². The van der Waals surface area contributed by atoms with Gasteiger partial charge in [0.25, 0.3) is 0 Å². The first-order valence-electron chi connectivity index (χ1n) is 8.32. The molecule has 0 aliphatic rings. The van der Waals surface area contributed by atoms with Gasteiger partial charge in [-0.15, -0.1) is 0 Å². The van der Waals surface area contributed by atoms with Gasteiger partial charge in [0.2, 0.25) is 0 Å². The maximum Gasteiger partial charge on any atom is 0.387 e. The largest absolute Gasteiger partial charge is 0.497 e. The summed E-state index contributed by atoms with van der Waals surface area (Å²) in [5.41, 5.74) is 1.92. The van der Waals surface area contributed by atoms with Crippen molar-refractivity contribution in [3.05, 3.63) is 42.5 Å². The van der Waals surface area contributed by atoms with Gasteiger partial charge in [0.05, 0.1) is 7.11 Å². The third-order valence-corrected chi connectivity index (χ3v) is 3.95. The summed E-state index contributed by atoms with van der Waals surface area (Å²) in [6.45, 7) is -1.38. The van der Waals surface area contributed by atoms with E-state index in [-0.39, 0.29) is 5.75 Å². The van der Waals surface area contributed by atoms with E-state index < -0.39 is 6.61 Å². The summed E-state index contributed by atoms with van der Waals surface area (Å²) in [5, 5.41) is 6.62. The van der Waals surface area contributed by atoms with Crippen LogP contribution in [0.3, 0.4) is 0 Å². The summed E-state index contributed by atoms with van der Waals surface area (Å²) in [6, 6.07) is 11.9. The van der Waals surface area contributed by atoms with Crippen LogP contribution in [0.5, 0.6) is 11.5 Å². The molecular weight excluding hydrogens is 372 g/mol. The molecule has 0 amide bonds. The highest BCUT2D eigenvalue weighted by Crippen LogP contribution is 2.34. The number of thiocarbonyl (C=S) groups is 1. The first-order valence-corrected chi connectivity index (χ1v) is 8.72. The Balaban J connectivity index is 2.21. The van der Waals surface area contributed by atoms with E-state index in [9.17, 15) is 8.78 Å².